The molecule has 0 aliphatic heterocycles. The van der Waals surface area contributed by atoms with Crippen molar-refractivity contribution in [1.82, 2.24) is 9.55 Å². The van der Waals surface area contributed by atoms with Crippen LogP contribution in [0.15, 0.2) is 71.5 Å². The third-order valence-corrected chi connectivity index (χ3v) is 5.72. The van der Waals surface area contributed by atoms with E-state index in [1.807, 2.05) is 0 Å². The molecule has 0 saturated heterocycles. The molecule has 33 heavy (non-hydrogen) atoms. The summed E-state index contributed by atoms with van der Waals surface area (Å²) >= 11 is 18.6. The van der Waals surface area contributed by atoms with Gasteiger partial charge in [-0.25, -0.2) is 4.98 Å². The number of aliphatic hydroxyl groups is 1. The Morgan fingerprint density at radius 2 is 1.64 bits per heavy atom. The van der Waals surface area contributed by atoms with Crippen molar-refractivity contribution in [3.05, 3.63) is 103 Å². The largest absolute Gasteiger partial charge is 0.392 e. The molecule has 0 atom stereocenters. The lowest BCUT2D eigenvalue weighted by atomic mass is 10.1. The molecule has 0 unspecified atom stereocenters. The fourth-order valence-electron chi connectivity index (χ4n) is 3.27. The highest BCUT2D eigenvalue weighted by atomic mass is 35.5. The van der Waals surface area contributed by atoms with Gasteiger partial charge in [0.1, 0.15) is 11.4 Å². The Kier molecular flexibility index (Phi) is 6.81. The summed E-state index contributed by atoms with van der Waals surface area (Å²) in [6.45, 7) is -0.0827. The summed E-state index contributed by atoms with van der Waals surface area (Å²) < 4.78 is 1.38. The highest BCUT2D eigenvalue weighted by Gasteiger charge is 2.20. The summed E-state index contributed by atoms with van der Waals surface area (Å²) in [5.41, 5.74) is 1.98. The van der Waals surface area contributed by atoms with E-state index in [2.05, 4.69) is 5.32 Å². The summed E-state index contributed by atoms with van der Waals surface area (Å²) in [4.78, 5) is 18.3. The standard InChI is InChI=1S/C24H17Cl3N4O2/c25-15-3-8-18(9-4-15)31-23(19-10-5-16(26)11-21(19)27)30-22(20(12-28)24(31)33)29-17-6-1-14(13-32)2-7-17/h1-12,28-29,32H,13H2. The number of anilines is 2. The smallest absolute Gasteiger partial charge is 0.269 e. The fraction of sp³-hybridized carbons (Fsp3) is 0.0417. The van der Waals surface area contributed by atoms with Gasteiger partial charge in [0.05, 0.1) is 17.3 Å². The molecule has 4 rings (SSSR count). The Hall–Kier alpha value is -3.16. The number of hydrogen-bond acceptors (Lipinski definition) is 5. The number of aromatic nitrogens is 2. The van der Waals surface area contributed by atoms with Gasteiger partial charge >= 0.3 is 0 Å². The maximum absolute atomic E-state index is 13.6. The summed E-state index contributed by atoms with van der Waals surface area (Å²) in [6.07, 6.45) is 0.958. The molecule has 0 saturated carbocycles. The van der Waals surface area contributed by atoms with Gasteiger partial charge in [-0.3, -0.25) is 9.36 Å². The van der Waals surface area contributed by atoms with E-state index in [1.54, 1.807) is 66.7 Å². The first-order chi connectivity index (χ1) is 15.9. The van der Waals surface area contributed by atoms with Gasteiger partial charge in [0.25, 0.3) is 5.56 Å². The fourth-order valence-corrected chi connectivity index (χ4v) is 3.89. The number of nitrogens with one attached hydrogen (secondary N) is 2. The van der Waals surface area contributed by atoms with Crippen LogP contribution in [0.4, 0.5) is 11.5 Å². The third kappa shape index (κ3) is 4.79. The van der Waals surface area contributed by atoms with E-state index in [4.69, 9.17) is 45.2 Å². The van der Waals surface area contributed by atoms with E-state index in [0.717, 1.165) is 11.8 Å². The molecular weight excluding hydrogens is 483 g/mol. The Balaban J connectivity index is 1.97. The van der Waals surface area contributed by atoms with Gasteiger partial charge in [-0.1, -0.05) is 46.9 Å². The van der Waals surface area contributed by atoms with Crippen LogP contribution in [-0.2, 0) is 6.61 Å². The lowest BCUT2D eigenvalue weighted by Crippen LogP contribution is -2.26. The van der Waals surface area contributed by atoms with Crippen molar-refractivity contribution in [1.29, 1.82) is 5.41 Å². The van der Waals surface area contributed by atoms with Crippen LogP contribution in [-0.4, -0.2) is 20.9 Å². The van der Waals surface area contributed by atoms with Gasteiger partial charge in [0, 0.05) is 27.5 Å². The molecule has 0 spiro atoms. The van der Waals surface area contributed by atoms with Crippen LogP contribution < -0.4 is 10.9 Å². The van der Waals surface area contributed by atoms with Crippen molar-refractivity contribution >= 4 is 52.5 Å². The van der Waals surface area contributed by atoms with Crippen molar-refractivity contribution in [3.63, 3.8) is 0 Å². The van der Waals surface area contributed by atoms with Gasteiger partial charge in [-0.05, 0) is 60.2 Å². The average molecular weight is 500 g/mol. The number of benzene rings is 3. The summed E-state index contributed by atoms with van der Waals surface area (Å²) in [5, 5.41) is 21.5. The van der Waals surface area contributed by atoms with E-state index in [-0.39, 0.29) is 23.8 Å². The lowest BCUT2D eigenvalue weighted by molar-refractivity contribution is 0.282. The third-order valence-electron chi connectivity index (χ3n) is 4.92. The van der Waals surface area contributed by atoms with Crippen LogP contribution in [0.2, 0.25) is 15.1 Å². The van der Waals surface area contributed by atoms with Gasteiger partial charge in [0.2, 0.25) is 0 Å². The molecule has 1 heterocycles. The number of rotatable bonds is 6. The Morgan fingerprint density at radius 1 is 0.970 bits per heavy atom. The topological polar surface area (TPSA) is 91.0 Å². The SMILES string of the molecule is N=Cc1c(Nc2ccc(CO)cc2)nc(-c2ccc(Cl)cc2Cl)n(-c2ccc(Cl)cc2)c1=O. The summed E-state index contributed by atoms with van der Waals surface area (Å²) in [7, 11) is 0. The normalized spacial score (nSPS) is 10.8. The zero-order chi connectivity index (χ0) is 23.5. The molecule has 9 heteroatoms. The number of hydrogen-bond donors (Lipinski definition) is 3. The van der Waals surface area contributed by atoms with Crippen molar-refractivity contribution in [2.75, 3.05) is 5.32 Å². The minimum Gasteiger partial charge on any atom is -0.392 e. The van der Waals surface area contributed by atoms with Crippen molar-refractivity contribution < 1.29 is 5.11 Å². The average Bonchev–Trinajstić information content (AvgIpc) is 2.80. The molecule has 3 aromatic carbocycles. The Bertz CT molecular complexity index is 1380. The monoisotopic (exact) mass is 498 g/mol. The maximum Gasteiger partial charge on any atom is 0.269 e. The molecule has 0 amide bonds. The van der Waals surface area contributed by atoms with Crippen molar-refractivity contribution in [3.8, 4) is 17.1 Å². The molecule has 4 aromatic rings. The molecule has 166 valence electrons. The zero-order valence-corrected chi connectivity index (χ0v) is 19.3. The van der Waals surface area contributed by atoms with Gasteiger partial charge in [-0.2, -0.15) is 0 Å². The molecule has 0 bridgehead atoms. The van der Waals surface area contributed by atoms with Crippen LogP contribution in [0.5, 0.6) is 0 Å². The second kappa shape index (κ2) is 9.77. The number of halogens is 3. The first kappa shape index (κ1) is 23.0. The van der Waals surface area contributed by atoms with Gasteiger partial charge in [0.15, 0.2) is 5.82 Å². The minimum absolute atomic E-state index is 0.0602. The molecule has 0 fully saturated rings. The highest BCUT2D eigenvalue weighted by molar-refractivity contribution is 6.36. The summed E-state index contributed by atoms with van der Waals surface area (Å²) in [5.74, 6) is 0.460. The number of nitrogens with zero attached hydrogens (tertiary/aromatic N) is 2. The second-order valence-electron chi connectivity index (χ2n) is 7.06. The predicted molar refractivity (Wildman–Crippen MR) is 134 cm³/mol. The van der Waals surface area contributed by atoms with Crippen LogP contribution in [0, 0.1) is 5.41 Å². The quantitative estimate of drug-likeness (QED) is 0.280. The van der Waals surface area contributed by atoms with E-state index < -0.39 is 5.56 Å². The highest BCUT2D eigenvalue weighted by Crippen LogP contribution is 2.32. The molecule has 1 aromatic heterocycles. The van der Waals surface area contributed by atoms with E-state index in [0.29, 0.717) is 32.0 Å². The van der Waals surface area contributed by atoms with Crippen LogP contribution in [0.25, 0.3) is 17.1 Å². The zero-order valence-electron chi connectivity index (χ0n) is 17.0. The molecule has 3 N–H and O–H groups in total. The van der Waals surface area contributed by atoms with E-state index >= 15 is 0 Å². The van der Waals surface area contributed by atoms with E-state index in [9.17, 15) is 9.90 Å². The first-order valence-corrected chi connectivity index (χ1v) is 10.9. The second-order valence-corrected chi connectivity index (χ2v) is 8.34. The van der Waals surface area contributed by atoms with Gasteiger partial charge in [-0.15, -0.1) is 0 Å². The first-order valence-electron chi connectivity index (χ1n) is 9.77. The van der Waals surface area contributed by atoms with Crippen LogP contribution in [0.1, 0.15) is 11.1 Å². The van der Waals surface area contributed by atoms with E-state index in [1.165, 1.54) is 4.57 Å². The molecule has 6 nitrogen and oxygen atoms in total. The molecular formula is C24H17Cl3N4O2. The lowest BCUT2D eigenvalue weighted by Gasteiger charge is -2.18. The summed E-state index contributed by atoms with van der Waals surface area (Å²) in [6, 6.07) is 18.6. The van der Waals surface area contributed by atoms with Crippen LogP contribution in [0.3, 0.4) is 0 Å². The maximum atomic E-state index is 13.6. The predicted octanol–water partition coefficient (Wildman–Crippen LogP) is 6.09. The van der Waals surface area contributed by atoms with Crippen molar-refractivity contribution in [2.45, 2.75) is 6.61 Å². The molecule has 0 radical (unpaired) electrons. The minimum atomic E-state index is -0.460. The molecule has 0 aliphatic carbocycles. The number of aliphatic hydroxyl groups excluding tert-OH is 1. The Labute approximate surface area is 204 Å². The van der Waals surface area contributed by atoms with Crippen molar-refractivity contribution in [2.24, 2.45) is 0 Å². The van der Waals surface area contributed by atoms with Gasteiger partial charge < -0.3 is 15.8 Å². The Morgan fingerprint density at radius 3 is 2.24 bits per heavy atom. The molecule has 0 aliphatic rings. The van der Waals surface area contributed by atoms with Crippen LogP contribution >= 0.6 is 34.8 Å².